The Kier molecular flexibility index (Phi) is 4.46. The van der Waals surface area contributed by atoms with Crippen LogP contribution in [0.4, 0.5) is 11.4 Å². The number of hydrogen-bond acceptors (Lipinski definition) is 2. The average Bonchev–Trinajstić information content (AvgIpc) is 2.53. The van der Waals surface area contributed by atoms with Crippen LogP contribution in [0.2, 0.25) is 0 Å². The lowest BCUT2D eigenvalue weighted by atomic mass is 10.1. The van der Waals surface area contributed by atoms with Gasteiger partial charge in [0.15, 0.2) is 0 Å². The monoisotopic (exact) mass is 266 g/mol. The minimum atomic E-state index is 0.975. The molecular weight excluding hydrogens is 244 g/mol. The van der Waals surface area contributed by atoms with E-state index in [0.29, 0.717) is 0 Å². The van der Waals surface area contributed by atoms with Crippen LogP contribution in [-0.4, -0.2) is 20.6 Å². The molecule has 0 aliphatic carbocycles. The van der Waals surface area contributed by atoms with Gasteiger partial charge in [-0.25, -0.2) is 0 Å². The van der Waals surface area contributed by atoms with Crippen LogP contribution >= 0.6 is 0 Å². The summed E-state index contributed by atoms with van der Waals surface area (Å²) in [5, 5.41) is 0. The third-order valence-corrected chi connectivity index (χ3v) is 3.64. The van der Waals surface area contributed by atoms with Crippen molar-refractivity contribution in [1.29, 1.82) is 0 Å². The first-order valence-electron chi connectivity index (χ1n) is 6.93. The molecule has 20 heavy (non-hydrogen) atoms. The smallest absolute Gasteiger partial charge is 0.0645 e. The summed E-state index contributed by atoms with van der Waals surface area (Å²) in [7, 11) is 4.18. The number of anilines is 2. The van der Waals surface area contributed by atoms with Crippen LogP contribution in [0, 0.1) is 0 Å². The van der Waals surface area contributed by atoms with Crippen LogP contribution in [0.5, 0.6) is 0 Å². The fourth-order valence-electron chi connectivity index (χ4n) is 2.21. The van der Waals surface area contributed by atoms with Crippen molar-refractivity contribution in [2.75, 3.05) is 30.4 Å². The number of benzene rings is 2. The largest absolute Gasteiger partial charge is 0.373 e. The molecule has 0 N–H and O–H groups in total. The highest BCUT2D eigenvalue weighted by atomic mass is 15.2. The van der Waals surface area contributed by atoms with E-state index in [4.69, 9.17) is 0 Å². The van der Waals surface area contributed by atoms with Crippen LogP contribution in [0.15, 0.2) is 61.2 Å². The summed E-state index contributed by atoms with van der Waals surface area (Å²) < 4.78 is 0. The Bertz CT molecular complexity index is 575. The third-order valence-electron chi connectivity index (χ3n) is 3.64. The summed E-state index contributed by atoms with van der Waals surface area (Å²) in [5.41, 5.74) is 4.53. The van der Waals surface area contributed by atoms with Crippen molar-refractivity contribution < 1.29 is 0 Å². The maximum atomic E-state index is 4.23. The molecule has 0 amide bonds. The number of rotatable bonds is 5. The van der Waals surface area contributed by atoms with E-state index in [1.54, 1.807) is 0 Å². The van der Waals surface area contributed by atoms with Crippen LogP contribution < -0.4 is 9.80 Å². The molecule has 2 aromatic carbocycles. The van der Waals surface area contributed by atoms with Crippen LogP contribution in [-0.2, 0) is 0 Å². The summed E-state index contributed by atoms with van der Waals surface area (Å²) in [6.07, 6.45) is 0. The van der Waals surface area contributed by atoms with Gasteiger partial charge in [-0.15, -0.1) is 0 Å². The van der Waals surface area contributed by atoms with Crippen LogP contribution in [0.1, 0.15) is 12.5 Å². The minimum absolute atomic E-state index is 0.975. The van der Waals surface area contributed by atoms with Crippen molar-refractivity contribution in [3.8, 4) is 0 Å². The molecule has 2 heteroatoms. The van der Waals surface area contributed by atoms with Gasteiger partial charge in [-0.3, -0.25) is 0 Å². The molecule has 2 nitrogen and oxygen atoms in total. The molecule has 0 unspecified atom stereocenters. The minimum Gasteiger partial charge on any atom is -0.373 e. The average molecular weight is 266 g/mol. The summed E-state index contributed by atoms with van der Waals surface area (Å²) in [5.74, 6) is 0. The quantitative estimate of drug-likeness (QED) is 0.798. The van der Waals surface area contributed by atoms with Crippen molar-refractivity contribution >= 4 is 17.1 Å². The van der Waals surface area contributed by atoms with E-state index in [2.05, 4.69) is 73.8 Å². The Labute approximate surface area is 122 Å². The van der Waals surface area contributed by atoms with Gasteiger partial charge in [0.1, 0.15) is 0 Å². The Morgan fingerprint density at radius 1 is 0.900 bits per heavy atom. The van der Waals surface area contributed by atoms with Gasteiger partial charge in [0, 0.05) is 26.3 Å². The molecule has 0 fully saturated rings. The first-order valence-corrected chi connectivity index (χ1v) is 6.93. The molecule has 0 spiro atoms. The van der Waals surface area contributed by atoms with Crippen molar-refractivity contribution in [3.05, 3.63) is 66.7 Å². The van der Waals surface area contributed by atoms with Crippen molar-refractivity contribution in [3.63, 3.8) is 0 Å². The van der Waals surface area contributed by atoms with Gasteiger partial charge in [-0.1, -0.05) is 49.0 Å². The van der Waals surface area contributed by atoms with Crippen molar-refractivity contribution in [1.82, 2.24) is 0 Å². The molecule has 0 aliphatic heterocycles. The molecule has 104 valence electrons. The zero-order valence-corrected chi connectivity index (χ0v) is 12.5. The predicted molar refractivity (Wildman–Crippen MR) is 89.3 cm³/mol. The lowest BCUT2D eigenvalue weighted by Gasteiger charge is -2.28. The number of nitrogens with zero attached hydrogens (tertiary/aromatic N) is 2. The molecule has 2 aromatic rings. The molecule has 0 aliphatic rings. The van der Waals surface area contributed by atoms with E-state index in [1.165, 1.54) is 11.4 Å². The second-order valence-electron chi connectivity index (χ2n) is 4.87. The molecule has 0 atom stereocenters. The highest BCUT2D eigenvalue weighted by molar-refractivity contribution is 5.84. The molecule has 0 saturated carbocycles. The van der Waals surface area contributed by atoms with Crippen LogP contribution in [0.25, 0.3) is 5.70 Å². The molecule has 0 heterocycles. The fraction of sp³-hybridized carbons (Fsp3) is 0.222. The normalized spacial score (nSPS) is 10.2. The summed E-state index contributed by atoms with van der Waals surface area (Å²) >= 11 is 0. The lowest BCUT2D eigenvalue weighted by Crippen LogP contribution is -2.21. The molecule has 2 rings (SSSR count). The Morgan fingerprint density at radius 3 is 2.05 bits per heavy atom. The van der Waals surface area contributed by atoms with E-state index in [0.717, 1.165) is 17.8 Å². The fourth-order valence-corrected chi connectivity index (χ4v) is 2.21. The second-order valence-corrected chi connectivity index (χ2v) is 4.87. The first-order chi connectivity index (χ1) is 9.65. The van der Waals surface area contributed by atoms with Gasteiger partial charge in [0.05, 0.1) is 11.4 Å². The number of hydrogen-bond donors (Lipinski definition) is 0. The Morgan fingerprint density at radius 2 is 1.45 bits per heavy atom. The van der Waals surface area contributed by atoms with E-state index < -0.39 is 0 Å². The molecule has 0 saturated heterocycles. The van der Waals surface area contributed by atoms with Crippen LogP contribution in [0.3, 0.4) is 0 Å². The third kappa shape index (κ3) is 2.85. The van der Waals surface area contributed by atoms with Gasteiger partial charge in [0.25, 0.3) is 0 Å². The molecule has 0 radical (unpaired) electrons. The standard InChI is InChI=1S/C18H22N2/c1-5-19(3)17-13-9-10-14-18(17)20(4)15(2)16-11-7-6-8-12-16/h6-14H,2,5H2,1,3-4H3. The van der Waals surface area contributed by atoms with Crippen molar-refractivity contribution in [2.24, 2.45) is 0 Å². The van der Waals surface area contributed by atoms with E-state index in [9.17, 15) is 0 Å². The SMILES string of the molecule is C=C(c1ccccc1)N(C)c1ccccc1N(C)CC. The van der Waals surface area contributed by atoms with E-state index in [1.807, 2.05) is 18.2 Å². The van der Waals surface area contributed by atoms with Gasteiger partial charge in [0.2, 0.25) is 0 Å². The van der Waals surface area contributed by atoms with E-state index >= 15 is 0 Å². The Balaban J connectivity index is 2.34. The lowest BCUT2D eigenvalue weighted by molar-refractivity contribution is 0.963. The van der Waals surface area contributed by atoms with Gasteiger partial charge >= 0.3 is 0 Å². The predicted octanol–water partition coefficient (Wildman–Crippen LogP) is 4.25. The number of para-hydroxylation sites is 2. The maximum Gasteiger partial charge on any atom is 0.0645 e. The van der Waals surface area contributed by atoms with Gasteiger partial charge in [-0.2, -0.15) is 0 Å². The molecule has 0 bridgehead atoms. The van der Waals surface area contributed by atoms with Crippen molar-refractivity contribution in [2.45, 2.75) is 6.92 Å². The summed E-state index contributed by atoms with van der Waals surface area (Å²) in [6, 6.07) is 18.7. The molecular formula is C18H22N2. The maximum absolute atomic E-state index is 4.23. The van der Waals surface area contributed by atoms with Gasteiger partial charge in [-0.05, 0) is 24.6 Å². The van der Waals surface area contributed by atoms with E-state index in [-0.39, 0.29) is 0 Å². The topological polar surface area (TPSA) is 6.48 Å². The van der Waals surface area contributed by atoms with Gasteiger partial charge < -0.3 is 9.80 Å². The zero-order valence-electron chi connectivity index (χ0n) is 12.5. The molecule has 0 aromatic heterocycles. The summed E-state index contributed by atoms with van der Waals surface area (Å²) in [4.78, 5) is 4.39. The highest BCUT2D eigenvalue weighted by Crippen LogP contribution is 2.32. The second kappa shape index (κ2) is 6.29. The highest BCUT2D eigenvalue weighted by Gasteiger charge is 2.12. The zero-order chi connectivity index (χ0) is 14.5. The first kappa shape index (κ1) is 14.2. The summed E-state index contributed by atoms with van der Waals surface area (Å²) in [6.45, 7) is 7.37. The Hall–Kier alpha value is -2.22.